The number of nitrogens with zero attached hydrogens (tertiary/aromatic N) is 2. The number of guanidine groups is 1. The van der Waals surface area contributed by atoms with Crippen molar-refractivity contribution in [2.75, 3.05) is 59.7 Å². The van der Waals surface area contributed by atoms with Crippen molar-refractivity contribution < 1.29 is 14.2 Å². The molecule has 2 atom stereocenters. The van der Waals surface area contributed by atoms with Crippen LogP contribution in [0.5, 0.6) is 5.75 Å². The van der Waals surface area contributed by atoms with E-state index in [1.165, 1.54) is 5.56 Å². The van der Waals surface area contributed by atoms with E-state index in [1.54, 1.807) is 0 Å². The van der Waals surface area contributed by atoms with Gasteiger partial charge in [-0.3, -0.25) is 9.89 Å². The highest BCUT2D eigenvalue weighted by Gasteiger charge is 2.31. The fourth-order valence-corrected chi connectivity index (χ4v) is 4.11. The van der Waals surface area contributed by atoms with Gasteiger partial charge in [-0.1, -0.05) is 19.1 Å². The minimum Gasteiger partial charge on any atom is -0.493 e. The predicted molar refractivity (Wildman–Crippen MR) is 136 cm³/mol. The van der Waals surface area contributed by atoms with Gasteiger partial charge >= 0.3 is 0 Å². The molecular weight excluding hydrogens is 507 g/mol. The zero-order valence-corrected chi connectivity index (χ0v) is 21.5. The number of hydrogen-bond donors (Lipinski definition) is 2. The molecule has 2 saturated heterocycles. The number of aliphatic imine (C=N–C) groups is 1. The van der Waals surface area contributed by atoms with E-state index < -0.39 is 0 Å². The van der Waals surface area contributed by atoms with E-state index in [2.05, 4.69) is 52.6 Å². The third-order valence-electron chi connectivity index (χ3n) is 5.86. The lowest BCUT2D eigenvalue weighted by molar-refractivity contribution is 0.00246. The fraction of sp³-hybridized carbons (Fsp3) is 0.696. The molecule has 0 aromatic heterocycles. The lowest BCUT2D eigenvalue weighted by atomic mass is 9.97. The molecule has 0 radical (unpaired) electrons. The molecular formula is C23H39IN4O3. The molecule has 176 valence electrons. The van der Waals surface area contributed by atoms with Crippen molar-refractivity contribution in [3.05, 3.63) is 29.3 Å². The minimum absolute atomic E-state index is 0. The van der Waals surface area contributed by atoms with E-state index in [1.807, 2.05) is 7.05 Å². The Morgan fingerprint density at radius 1 is 1.23 bits per heavy atom. The Balaban J connectivity index is 0.00000341. The first-order valence-electron chi connectivity index (χ1n) is 11.3. The molecule has 2 heterocycles. The first kappa shape index (κ1) is 26.2. The molecule has 1 aromatic carbocycles. The highest BCUT2D eigenvalue weighted by atomic mass is 127. The summed E-state index contributed by atoms with van der Waals surface area (Å²) in [5.41, 5.74) is 2.35. The van der Waals surface area contributed by atoms with Gasteiger partial charge in [-0.2, -0.15) is 0 Å². The Bertz CT molecular complexity index is 677. The van der Waals surface area contributed by atoms with E-state index in [0.29, 0.717) is 18.5 Å². The van der Waals surface area contributed by atoms with Gasteiger partial charge in [0.15, 0.2) is 5.96 Å². The van der Waals surface area contributed by atoms with Crippen molar-refractivity contribution in [3.8, 4) is 5.75 Å². The number of morpholine rings is 1. The second-order valence-corrected chi connectivity index (χ2v) is 8.11. The van der Waals surface area contributed by atoms with Gasteiger partial charge in [0.1, 0.15) is 5.75 Å². The van der Waals surface area contributed by atoms with Gasteiger partial charge in [0, 0.05) is 57.4 Å². The third kappa shape index (κ3) is 8.07. The van der Waals surface area contributed by atoms with Crippen LogP contribution in [-0.4, -0.2) is 76.6 Å². The van der Waals surface area contributed by atoms with Crippen LogP contribution in [0.1, 0.15) is 30.9 Å². The first-order valence-corrected chi connectivity index (χ1v) is 11.3. The SMILES string of the molecule is CCCOc1cc(C)ccc1CNC(=NC)NCC(C1CCOC1)N1CCOCC1.I. The molecule has 2 aliphatic heterocycles. The predicted octanol–water partition coefficient (Wildman–Crippen LogP) is 2.80. The summed E-state index contributed by atoms with van der Waals surface area (Å²) in [5.74, 6) is 2.32. The second-order valence-electron chi connectivity index (χ2n) is 8.11. The Hall–Kier alpha value is -1.10. The largest absolute Gasteiger partial charge is 0.493 e. The summed E-state index contributed by atoms with van der Waals surface area (Å²) >= 11 is 0. The number of aryl methyl sites for hydroxylation is 1. The van der Waals surface area contributed by atoms with Crippen molar-refractivity contribution in [2.24, 2.45) is 10.9 Å². The summed E-state index contributed by atoms with van der Waals surface area (Å²) in [5, 5.41) is 7.00. The Morgan fingerprint density at radius 3 is 2.71 bits per heavy atom. The normalized spacial score (nSPS) is 20.7. The Labute approximate surface area is 204 Å². The third-order valence-corrected chi connectivity index (χ3v) is 5.86. The molecule has 0 saturated carbocycles. The molecule has 0 aliphatic carbocycles. The highest BCUT2D eigenvalue weighted by molar-refractivity contribution is 14.0. The Kier molecular flexibility index (Phi) is 11.9. The summed E-state index contributed by atoms with van der Waals surface area (Å²) < 4.78 is 17.2. The molecule has 8 heteroatoms. The molecule has 1 aromatic rings. The van der Waals surface area contributed by atoms with Gasteiger partial charge in [0.2, 0.25) is 0 Å². The summed E-state index contributed by atoms with van der Waals surface area (Å²) in [6.45, 7) is 11.8. The van der Waals surface area contributed by atoms with Gasteiger partial charge in [-0.05, 0) is 31.4 Å². The number of hydrogen-bond acceptors (Lipinski definition) is 5. The van der Waals surface area contributed by atoms with Crippen LogP contribution in [0.2, 0.25) is 0 Å². The fourth-order valence-electron chi connectivity index (χ4n) is 4.11. The van der Waals surface area contributed by atoms with E-state index in [9.17, 15) is 0 Å². The summed E-state index contributed by atoms with van der Waals surface area (Å²) in [7, 11) is 1.82. The number of benzene rings is 1. The van der Waals surface area contributed by atoms with Gasteiger partial charge < -0.3 is 24.8 Å². The number of nitrogens with one attached hydrogen (secondary N) is 2. The first-order chi connectivity index (χ1) is 14.7. The maximum atomic E-state index is 5.95. The van der Waals surface area contributed by atoms with Crippen molar-refractivity contribution in [1.29, 1.82) is 0 Å². The average molecular weight is 546 g/mol. The van der Waals surface area contributed by atoms with E-state index >= 15 is 0 Å². The van der Waals surface area contributed by atoms with Gasteiger partial charge in [-0.15, -0.1) is 24.0 Å². The van der Waals surface area contributed by atoms with Gasteiger partial charge in [0.05, 0.1) is 26.4 Å². The highest BCUT2D eigenvalue weighted by Crippen LogP contribution is 2.22. The maximum absolute atomic E-state index is 5.95. The summed E-state index contributed by atoms with van der Waals surface area (Å²) in [6.07, 6.45) is 2.12. The molecule has 3 rings (SSSR count). The van der Waals surface area contributed by atoms with Crippen molar-refractivity contribution in [3.63, 3.8) is 0 Å². The minimum atomic E-state index is 0. The van der Waals surface area contributed by atoms with Crippen LogP contribution < -0.4 is 15.4 Å². The number of rotatable bonds is 9. The molecule has 2 aliphatic rings. The van der Waals surface area contributed by atoms with Crippen LogP contribution in [0.3, 0.4) is 0 Å². The lowest BCUT2D eigenvalue weighted by Crippen LogP contribution is -2.53. The summed E-state index contributed by atoms with van der Waals surface area (Å²) in [4.78, 5) is 6.98. The monoisotopic (exact) mass is 546 g/mol. The van der Waals surface area contributed by atoms with Crippen LogP contribution in [0, 0.1) is 12.8 Å². The second kappa shape index (κ2) is 14.1. The molecule has 2 unspecified atom stereocenters. The number of ether oxygens (including phenoxy) is 3. The summed E-state index contributed by atoms with van der Waals surface area (Å²) in [6, 6.07) is 6.79. The van der Waals surface area contributed by atoms with Crippen LogP contribution in [0.4, 0.5) is 0 Å². The lowest BCUT2D eigenvalue weighted by Gasteiger charge is -2.37. The van der Waals surface area contributed by atoms with Crippen LogP contribution in [-0.2, 0) is 16.0 Å². The molecule has 7 nitrogen and oxygen atoms in total. The zero-order chi connectivity index (χ0) is 21.2. The standard InChI is InChI=1S/C23H38N4O3.HI/c1-4-10-30-22-14-18(2)5-6-19(22)15-25-23(24-3)26-16-21(20-7-11-29-17-20)27-8-12-28-13-9-27;/h5-6,14,20-21H,4,7-13,15-17H2,1-3H3,(H2,24,25,26);1H. The molecule has 31 heavy (non-hydrogen) atoms. The molecule has 2 N–H and O–H groups in total. The van der Waals surface area contributed by atoms with Gasteiger partial charge in [0.25, 0.3) is 0 Å². The van der Waals surface area contributed by atoms with Crippen LogP contribution in [0.15, 0.2) is 23.2 Å². The molecule has 2 fully saturated rings. The van der Waals surface area contributed by atoms with Crippen LogP contribution in [0.25, 0.3) is 0 Å². The number of halogens is 1. The average Bonchev–Trinajstić information content (AvgIpc) is 3.30. The van der Waals surface area contributed by atoms with E-state index in [-0.39, 0.29) is 24.0 Å². The molecule has 0 spiro atoms. The zero-order valence-electron chi connectivity index (χ0n) is 19.2. The molecule has 0 bridgehead atoms. The van der Waals surface area contributed by atoms with Crippen molar-refractivity contribution in [2.45, 2.75) is 39.3 Å². The van der Waals surface area contributed by atoms with Crippen molar-refractivity contribution >= 4 is 29.9 Å². The molecule has 0 amide bonds. The van der Waals surface area contributed by atoms with E-state index in [4.69, 9.17) is 14.2 Å². The van der Waals surface area contributed by atoms with Crippen LogP contribution >= 0.6 is 24.0 Å². The smallest absolute Gasteiger partial charge is 0.191 e. The topological polar surface area (TPSA) is 67.3 Å². The van der Waals surface area contributed by atoms with Crippen molar-refractivity contribution in [1.82, 2.24) is 15.5 Å². The van der Waals surface area contributed by atoms with E-state index in [0.717, 1.165) is 82.8 Å². The quantitative estimate of drug-likeness (QED) is 0.282. The van der Waals surface area contributed by atoms with Gasteiger partial charge in [-0.25, -0.2) is 0 Å². The Morgan fingerprint density at radius 2 is 2.03 bits per heavy atom. The maximum Gasteiger partial charge on any atom is 0.191 e.